The summed E-state index contributed by atoms with van der Waals surface area (Å²) in [6.45, 7) is 3.11. The van der Waals surface area contributed by atoms with E-state index in [4.69, 9.17) is 9.47 Å². The van der Waals surface area contributed by atoms with Crippen LogP contribution >= 0.6 is 0 Å². The third kappa shape index (κ3) is 5.36. The first-order chi connectivity index (χ1) is 12.2. The zero-order chi connectivity index (χ0) is 17.5. The van der Waals surface area contributed by atoms with Gasteiger partial charge in [-0.25, -0.2) is 0 Å². The van der Waals surface area contributed by atoms with Crippen LogP contribution in [0.1, 0.15) is 38.5 Å². The van der Waals surface area contributed by atoms with Crippen LogP contribution < -0.4 is 14.8 Å². The standard InChI is InChI=1S/C20H30N2O3/c1-24-18-8-5-9-19(12-18)25-15-20(23)21-13-16-10-11-22(14-16)17-6-3-2-4-7-17/h5,8-9,12,16-17H,2-4,6-7,10-11,13-15H2,1H3,(H,21,23)/t16-/m1/s1. The average Bonchev–Trinajstić information content (AvgIpc) is 3.15. The van der Waals surface area contributed by atoms with Crippen molar-refractivity contribution in [2.75, 3.05) is 33.4 Å². The Labute approximate surface area is 150 Å². The maximum atomic E-state index is 12.0. The number of benzene rings is 1. The van der Waals surface area contributed by atoms with E-state index < -0.39 is 0 Å². The Balaban J connectivity index is 1.35. The largest absolute Gasteiger partial charge is 0.497 e. The predicted octanol–water partition coefficient (Wildman–Crippen LogP) is 2.84. The van der Waals surface area contributed by atoms with E-state index in [-0.39, 0.29) is 12.5 Å². The lowest BCUT2D eigenvalue weighted by Gasteiger charge is -2.31. The van der Waals surface area contributed by atoms with Gasteiger partial charge in [0.2, 0.25) is 0 Å². The van der Waals surface area contributed by atoms with Crippen LogP contribution in [-0.4, -0.2) is 50.2 Å². The molecule has 1 aliphatic heterocycles. The highest BCUT2D eigenvalue weighted by Crippen LogP contribution is 2.27. The van der Waals surface area contributed by atoms with Crippen molar-refractivity contribution in [2.24, 2.45) is 5.92 Å². The summed E-state index contributed by atoms with van der Waals surface area (Å²) in [5.41, 5.74) is 0. The van der Waals surface area contributed by atoms with Gasteiger partial charge in [-0.1, -0.05) is 25.3 Å². The van der Waals surface area contributed by atoms with Gasteiger partial charge in [-0.05, 0) is 43.9 Å². The third-order valence-corrected chi connectivity index (χ3v) is 5.41. The molecule has 1 saturated heterocycles. The van der Waals surface area contributed by atoms with E-state index in [1.165, 1.54) is 45.1 Å². The van der Waals surface area contributed by atoms with Crippen LogP contribution in [-0.2, 0) is 4.79 Å². The van der Waals surface area contributed by atoms with Crippen molar-refractivity contribution in [2.45, 2.75) is 44.6 Å². The first kappa shape index (κ1) is 18.1. The minimum Gasteiger partial charge on any atom is -0.497 e. The van der Waals surface area contributed by atoms with Crippen molar-refractivity contribution in [3.05, 3.63) is 24.3 Å². The zero-order valence-corrected chi connectivity index (χ0v) is 15.2. The molecule has 5 heteroatoms. The van der Waals surface area contributed by atoms with E-state index in [2.05, 4.69) is 10.2 Å². The molecule has 0 bridgehead atoms. The number of carbonyl (C=O) groups excluding carboxylic acids is 1. The molecule has 1 amide bonds. The molecule has 1 saturated carbocycles. The van der Waals surface area contributed by atoms with E-state index in [1.807, 2.05) is 18.2 Å². The lowest BCUT2D eigenvalue weighted by atomic mass is 9.94. The van der Waals surface area contributed by atoms with Crippen molar-refractivity contribution in [1.82, 2.24) is 10.2 Å². The Morgan fingerprint density at radius 3 is 2.80 bits per heavy atom. The SMILES string of the molecule is COc1cccc(OCC(=O)NC[C@H]2CCN(C3CCCCC3)C2)c1. The Bertz CT molecular complexity index is 558. The third-order valence-electron chi connectivity index (χ3n) is 5.41. The topological polar surface area (TPSA) is 50.8 Å². The van der Waals surface area contributed by atoms with E-state index in [1.54, 1.807) is 13.2 Å². The lowest BCUT2D eigenvalue weighted by molar-refractivity contribution is -0.123. The number of hydrogen-bond acceptors (Lipinski definition) is 4. The average molecular weight is 346 g/mol. The number of methoxy groups -OCH3 is 1. The van der Waals surface area contributed by atoms with Crippen LogP contribution in [0.25, 0.3) is 0 Å². The van der Waals surface area contributed by atoms with Crippen molar-refractivity contribution in [1.29, 1.82) is 0 Å². The maximum absolute atomic E-state index is 12.0. The summed E-state index contributed by atoms with van der Waals surface area (Å²) in [6, 6.07) is 8.10. The maximum Gasteiger partial charge on any atom is 0.257 e. The lowest BCUT2D eigenvalue weighted by Crippen LogP contribution is -2.37. The van der Waals surface area contributed by atoms with Crippen molar-refractivity contribution >= 4 is 5.91 Å². The normalized spacial score (nSPS) is 21.9. The molecule has 0 aromatic heterocycles. The number of hydrogen-bond donors (Lipinski definition) is 1. The van der Waals surface area contributed by atoms with Gasteiger partial charge in [0.05, 0.1) is 7.11 Å². The fourth-order valence-electron chi connectivity index (χ4n) is 3.96. The number of amides is 1. The smallest absolute Gasteiger partial charge is 0.257 e. The number of nitrogens with one attached hydrogen (secondary N) is 1. The molecular formula is C20H30N2O3. The molecule has 1 atom stereocenters. The first-order valence-corrected chi connectivity index (χ1v) is 9.52. The fourth-order valence-corrected chi connectivity index (χ4v) is 3.96. The van der Waals surface area contributed by atoms with Crippen molar-refractivity contribution in [3.63, 3.8) is 0 Å². The summed E-state index contributed by atoms with van der Waals surface area (Å²) in [6.07, 6.45) is 8.06. The Morgan fingerprint density at radius 2 is 2.00 bits per heavy atom. The molecule has 1 heterocycles. The van der Waals surface area contributed by atoms with Crippen LogP contribution in [0.15, 0.2) is 24.3 Å². The van der Waals surface area contributed by atoms with E-state index in [0.717, 1.165) is 24.9 Å². The number of likely N-dealkylation sites (tertiary alicyclic amines) is 1. The molecule has 1 aromatic rings. The fraction of sp³-hybridized carbons (Fsp3) is 0.650. The summed E-state index contributed by atoms with van der Waals surface area (Å²) < 4.78 is 10.7. The summed E-state index contributed by atoms with van der Waals surface area (Å²) in [4.78, 5) is 14.7. The van der Waals surface area contributed by atoms with Gasteiger partial charge >= 0.3 is 0 Å². The van der Waals surface area contributed by atoms with Crippen LogP contribution in [0.5, 0.6) is 11.5 Å². The monoisotopic (exact) mass is 346 g/mol. The Kier molecular flexibility index (Phi) is 6.56. The van der Waals surface area contributed by atoms with E-state index in [0.29, 0.717) is 11.7 Å². The molecule has 2 fully saturated rings. The van der Waals surface area contributed by atoms with Gasteiger partial charge in [0.25, 0.3) is 5.91 Å². The predicted molar refractivity (Wildman–Crippen MR) is 98.1 cm³/mol. The minimum atomic E-state index is -0.0565. The van der Waals surface area contributed by atoms with Crippen LogP contribution in [0, 0.1) is 5.92 Å². The molecular weight excluding hydrogens is 316 g/mol. The van der Waals surface area contributed by atoms with Crippen LogP contribution in [0.3, 0.4) is 0 Å². The molecule has 1 aliphatic carbocycles. The zero-order valence-electron chi connectivity index (χ0n) is 15.2. The highest BCUT2D eigenvalue weighted by molar-refractivity contribution is 5.77. The Hall–Kier alpha value is -1.75. The number of carbonyl (C=O) groups is 1. The molecule has 138 valence electrons. The highest BCUT2D eigenvalue weighted by atomic mass is 16.5. The molecule has 5 nitrogen and oxygen atoms in total. The second-order valence-electron chi connectivity index (χ2n) is 7.21. The Morgan fingerprint density at radius 1 is 1.20 bits per heavy atom. The highest BCUT2D eigenvalue weighted by Gasteiger charge is 2.29. The van der Waals surface area contributed by atoms with Gasteiger partial charge in [0.1, 0.15) is 11.5 Å². The molecule has 2 aliphatic rings. The van der Waals surface area contributed by atoms with Gasteiger partial charge in [-0.2, -0.15) is 0 Å². The molecule has 25 heavy (non-hydrogen) atoms. The summed E-state index contributed by atoms with van der Waals surface area (Å²) in [5.74, 6) is 1.90. The first-order valence-electron chi connectivity index (χ1n) is 9.52. The van der Waals surface area contributed by atoms with Crippen molar-refractivity contribution in [3.8, 4) is 11.5 Å². The summed E-state index contributed by atoms with van der Waals surface area (Å²) >= 11 is 0. The van der Waals surface area contributed by atoms with Gasteiger partial charge in [0.15, 0.2) is 6.61 Å². The molecule has 0 spiro atoms. The second-order valence-corrected chi connectivity index (χ2v) is 7.21. The minimum absolute atomic E-state index is 0.0478. The van der Waals surface area contributed by atoms with Gasteiger partial charge < -0.3 is 19.7 Å². The van der Waals surface area contributed by atoms with Gasteiger partial charge in [-0.3, -0.25) is 4.79 Å². The van der Waals surface area contributed by atoms with E-state index in [9.17, 15) is 4.79 Å². The number of rotatable bonds is 7. The molecule has 0 unspecified atom stereocenters. The van der Waals surface area contributed by atoms with Gasteiger partial charge in [-0.15, -0.1) is 0 Å². The number of nitrogens with zero attached hydrogens (tertiary/aromatic N) is 1. The second kappa shape index (κ2) is 9.09. The summed E-state index contributed by atoms with van der Waals surface area (Å²) in [5, 5.41) is 3.03. The van der Waals surface area contributed by atoms with Crippen LogP contribution in [0.2, 0.25) is 0 Å². The molecule has 0 radical (unpaired) electrons. The molecule has 1 aromatic carbocycles. The molecule has 1 N–H and O–H groups in total. The van der Waals surface area contributed by atoms with Crippen LogP contribution in [0.4, 0.5) is 0 Å². The van der Waals surface area contributed by atoms with Gasteiger partial charge in [0, 0.05) is 25.2 Å². The quantitative estimate of drug-likeness (QED) is 0.825. The molecule has 3 rings (SSSR count). The number of ether oxygens (including phenoxy) is 2. The van der Waals surface area contributed by atoms with Crippen molar-refractivity contribution < 1.29 is 14.3 Å². The van der Waals surface area contributed by atoms with E-state index >= 15 is 0 Å². The summed E-state index contributed by atoms with van der Waals surface area (Å²) in [7, 11) is 1.62.